The summed E-state index contributed by atoms with van der Waals surface area (Å²) in [7, 11) is -3.83. The minimum absolute atomic E-state index is 0.278. The number of nitrogens with zero attached hydrogens (tertiary/aromatic N) is 4. The van der Waals surface area contributed by atoms with Crippen molar-refractivity contribution in [3.8, 4) is 0 Å². The molecule has 0 saturated carbocycles. The average molecular weight is 682 g/mol. The lowest BCUT2D eigenvalue weighted by Crippen LogP contribution is -2.57. The molecule has 0 aliphatic heterocycles. The summed E-state index contributed by atoms with van der Waals surface area (Å²) in [4.78, 5) is 39.8. The monoisotopic (exact) mass is 681 g/mol. The number of nitrogens with two attached hydrogens (primary N) is 1. The van der Waals surface area contributed by atoms with Crippen molar-refractivity contribution >= 4 is 36.4 Å². The van der Waals surface area contributed by atoms with Crippen LogP contribution in [0.5, 0.6) is 0 Å². The van der Waals surface area contributed by atoms with E-state index < -0.39 is 36.6 Å². The molecule has 0 saturated heterocycles. The van der Waals surface area contributed by atoms with Gasteiger partial charge in [0.05, 0.1) is 32.2 Å². The molecule has 2 rings (SSSR count). The van der Waals surface area contributed by atoms with Crippen LogP contribution in [0, 0.1) is 0 Å². The number of anilines is 1. The topological polar surface area (TPSA) is 173 Å². The van der Waals surface area contributed by atoms with E-state index in [0.717, 1.165) is 51.4 Å². The molecule has 2 aromatic heterocycles. The maximum Gasteiger partial charge on any atom is 0.326 e. The molecular formula is C33H60N7O6P. The van der Waals surface area contributed by atoms with Crippen LogP contribution in [0.25, 0.3) is 11.2 Å². The van der Waals surface area contributed by atoms with Crippen LogP contribution in [-0.2, 0) is 34.9 Å². The second-order valence-electron chi connectivity index (χ2n) is 12.4. The molecule has 0 unspecified atom stereocenters. The summed E-state index contributed by atoms with van der Waals surface area (Å²) < 4.78 is 34.5. The summed E-state index contributed by atoms with van der Waals surface area (Å²) in [5.74, 6) is -0.651. The number of carbonyl (C=O) groups excluding carboxylic acids is 2. The largest absolute Gasteiger partial charge is 0.464 e. The number of nitrogens with one attached hydrogen (secondary N) is 2. The number of esters is 2. The predicted molar refractivity (Wildman–Crippen MR) is 186 cm³/mol. The van der Waals surface area contributed by atoms with Gasteiger partial charge in [-0.2, -0.15) is 0 Å². The first-order valence-corrected chi connectivity index (χ1v) is 19.4. The molecular weight excluding hydrogens is 621 g/mol. The Balaban J connectivity index is 2.35. The predicted octanol–water partition coefficient (Wildman–Crippen LogP) is 6.51. The molecule has 2 heterocycles. The number of rotatable bonds is 25. The number of hydrogen-bond acceptors (Lipinski definition) is 10. The van der Waals surface area contributed by atoms with Crippen LogP contribution in [0.2, 0.25) is 0 Å². The van der Waals surface area contributed by atoms with Crippen molar-refractivity contribution in [2.45, 2.75) is 149 Å². The van der Waals surface area contributed by atoms with Gasteiger partial charge in [-0.15, -0.1) is 0 Å². The minimum Gasteiger partial charge on any atom is -0.464 e. The van der Waals surface area contributed by atoms with Gasteiger partial charge in [-0.05, 0) is 45.4 Å². The van der Waals surface area contributed by atoms with Crippen molar-refractivity contribution in [3.63, 3.8) is 0 Å². The maximum absolute atomic E-state index is 15.1. The van der Waals surface area contributed by atoms with E-state index in [-0.39, 0.29) is 12.2 Å². The lowest BCUT2D eigenvalue weighted by atomic mass is 9.94. The highest BCUT2D eigenvalue weighted by atomic mass is 31.2. The first kappa shape index (κ1) is 40.6. The SMILES string of the molecule is CCCCCCOC(=O)C(CC)(CC)NP(=O)(CO[C@H](C)Cn1cnc2c(N)ncnc21)NC(CC)(CC)C(=O)OCCCCCC. The highest BCUT2D eigenvalue weighted by Crippen LogP contribution is 2.45. The van der Waals surface area contributed by atoms with Gasteiger partial charge in [-0.1, -0.05) is 80.1 Å². The fraction of sp³-hybridized carbons (Fsp3) is 0.788. The van der Waals surface area contributed by atoms with Crippen LogP contribution < -0.4 is 15.9 Å². The van der Waals surface area contributed by atoms with Crippen molar-refractivity contribution in [1.82, 2.24) is 29.7 Å². The third-order valence-corrected chi connectivity index (χ3v) is 11.0. The van der Waals surface area contributed by atoms with Gasteiger partial charge in [0.15, 0.2) is 11.5 Å². The number of imidazole rings is 1. The van der Waals surface area contributed by atoms with E-state index >= 15 is 4.57 Å². The van der Waals surface area contributed by atoms with Crippen molar-refractivity contribution in [1.29, 1.82) is 0 Å². The lowest BCUT2D eigenvalue weighted by Gasteiger charge is -2.40. The zero-order valence-electron chi connectivity index (χ0n) is 29.8. The van der Waals surface area contributed by atoms with E-state index in [4.69, 9.17) is 19.9 Å². The third-order valence-electron chi connectivity index (χ3n) is 8.87. The molecule has 0 radical (unpaired) electrons. The summed E-state index contributed by atoms with van der Waals surface area (Å²) in [6, 6.07) is 0. The van der Waals surface area contributed by atoms with Crippen LogP contribution in [0.3, 0.4) is 0 Å². The fourth-order valence-corrected chi connectivity index (χ4v) is 8.37. The van der Waals surface area contributed by atoms with Gasteiger partial charge in [0.25, 0.3) is 0 Å². The number of fused-ring (bicyclic) bond motifs is 1. The highest BCUT2D eigenvalue weighted by Gasteiger charge is 2.48. The zero-order valence-corrected chi connectivity index (χ0v) is 30.7. The number of unbranched alkanes of at least 4 members (excludes halogenated alkanes) is 6. The number of nitrogen functional groups attached to an aromatic ring is 1. The Labute approximate surface area is 281 Å². The van der Waals surface area contributed by atoms with E-state index in [2.05, 4.69) is 39.0 Å². The lowest BCUT2D eigenvalue weighted by molar-refractivity contribution is -0.151. The third kappa shape index (κ3) is 11.5. The molecule has 268 valence electrons. The standard InChI is InChI=1S/C33H60N7O6P/c1-8-14-16-18-20-44-30(41)32(10-3,11-4)38-47(43,39-33(12-5,13-6)31(42)45-21-19-17-15-9-2)25-46-26(7)22-40-24-37-27-28(34)35-23-36-29(27)40/h23-24,26H,8-22,25H2,1-7H3,(H2,34,35,36)(H2,38,39,43)/t26-/m1/s1. The van der Waals surface area contributed by atoms with Crippen LogP contribution in [-0.4, -0.2) is 68.2 Å². The van der Waals surface area contributed by atoms with Crippen LogP contribution in [0.4, 0.5) is 5.82 Å². The van der Waals surface area contributed by atoms with Crippen LogP contribution >= 0.6 is 7.44 Å². The molecule has 0 bridgehead atoms. The van der Waals surface area contributed by atoms with Gasteiger partial charge in [0.1, 0.15) is 29.3 Å². The van der Waals surface area contributed by atoms with E-state index in [1.54, 1.807) is 10.9 Å². The summed E-state index contributed by atoms with van der Waals surface area (Å²) in [6.45, 7) is 14.4. The van der Waals surface area contributed by atoms with E-state index in [0.29, 0.717) is 56.6 Å². The van der Waals surface area contributed by atoms with E-state index in [9.17, 15) is 9.59 Å². The van der Waals surface area contributed by atoms with Crippen molar-refractivity contribution in [2.24, 2.45) is 0 Å². The fourth-order valence-electron chi connectivity index (χ4n) is 5.53. The van der Waals surface area contributed by atoms with Gasteiger partial charge < -0.3 is 24.5 Å². The molecule has 0 spiro atoms. The van der Waals surface area contributed by atoms with E-state index in [1.165, 1.54) is 6.33 Å². The summed E-state index contributed by atoms with van der Waals surface area (Å²) in [5, 5.41) is 6.38. The molecule has 47 heavy (non-hydrogen) atoms. The van der Waals surface area contributed by atoms with E-state index in [1.807, 2.05) is 34.6 Å². The van der Waals surface area contributed by atoms with Gasteiger partial charge in [0.2, 0.25) is 7.44 Å². The Kier molecular flexibility index (Phi) is 17.3. The number of hydrogen-bond donors (Lipinski definition) is 3. The number of ether oxygens (including phenoxy) is 3. The van der Waals surface area contributed by atoms with Crippen LogP contribution in [0.15, 0.2) is 12.7 Å². The average Bonchev–Trinajstić information content (AvgIpc) is 3.48. The second-order valence-corrected chi connectivity index (χ2v) is 14.6. The van der Waals surface area contributed by atoms with Gasteiger partial charge >= 0.3 is 11.9 Å². The molecule has 0 aliphatic rings. The van der Waals surface area contributed by atoms with Gasteiger partial charge in [-0.25, -0.2) is 25.1 Å². The first-order valence-electron chi connectivity index (χ1n) is 17.5. The van der Waals surface area contributed by atoms with Crippen molar-refractivity contribution in [2.75, 3.05) is 25.3 Å². The molecule has 14 heteroatoms. The molecule has 2 aromatic rings. The number of carbonyl (C=O) groups is 2. The Hall–Kier alpha value is -2.60. The smallest absolute Gasteiger partial charge is 0.326 e. The van der Waals surface area contributed by atoms with Gasteiger partial charge in [0, 0.05) is 0 Å². The van der Waals surface area contributed by atoms with Crippen molar-refractivity contribution in [3.05, 3.63) is 12.7 Å². The zero-order chi connectivity index (χ0) is 34.9. The summed E-state index contributed by atoms with van der Waals surface area (Å²) in [5.41, 5.74) is 4.48. The number of aromatic nitrogens is 4. The molecule has 4 N–H and O–H groups in total. The molecule has 0 fully saturated rings. The molecule has 0 aliphatic carbocycles. The van der Waals surface area contributed by atoms with Gasteiger partial charge in [-0.3, -0.25) is 14.2 Å². The molecule has 0 aromatic carbocycles. The molecule has 0 amide bonds. The minimum atomic E-state index is -3.83. The highest BCUT2D eigenvalue weighted by molar-refractivity contribution is 7.59. The Morgan fingerprint density at radius 2 is 1.34 bits per heavy atom. The normalized spacial score (nSPS) is 13.2. The first-order chi connectivity index (χ1) is 22.5. The Morgan fingerprint density at radius 1 is 0.830 bits per heavy atom. The summed E-state index contributed by atoms with van der Waals surface area (Å²) in [6.07, 6.45) is 11.3. The van der Waals surface area contributed by atoms with Crippen LogP contribution in [0.1, 0.15) is 126 Å². The Bertz CT molecular complexity index is 1230. The molecule has 13 nitrogen and oxygen atoms in total. The molecule has 1 atom stereocenters. The quantitative estimate of drug-likeness (QED) is 0.0590. The maximum atomic E-state index is 15.1. The second kappa shape index (κ2) is 20.0. The Morgan fingerprint density at radius 3 is 1.81 bits per heavy atom. The summed E-state index contributed by atoms with van der Waals surface area (Å²) >= 11 is 0. The van der Waals surface area contributed by atoms with Crippen molar-refractivity contribution < 1.29 is 28.4 Å².